The van der Waals surface area contributed by atoms with Crippen LogP contribution in [0.1, 0.15) is 0 Å². The van der Waals surface area contributed by atoms with Crippen molar-refractivity contribution in [1.82, 2.24) is 0 Å². The van der Waals surface area contributed by atoms with Crippen molar-refractivity contribution in [2.45, 2.75) is 0 Å². The fraction of sp³-hybridized carbons (Fsp3) is 0. The molecule has 26 heavy (non-hydrogen) atoms. The van der Waals surface area contributed by atoms with E-state index in [4.69, 9.17) is 0 Å². The molecule has 18 nitrogen and oxygen atoms in total. The second-order valence-corrected chi connectivity index (χ2v) is 12.5. The third kappa shape index (κ3) is 12.5. The standard InChI is InChI=1S/2Nd.H6O18P6/c;;1-19(2)13-20(3,4)15-22(7,8)17-24(11,12)18-23(9,10)16-21(5,6)14-19/h;;(H,1,2)(H,3,4)(H,5,6)(H,7,8)(H,9,10)(H,11,12)/q2*+3;/p-6. The smallest absolute Gasteiger partial charge is 0.756 e. The maximum absolute atomic E-state index is 11.0. The summed E-state index contributed by atoms with van der Waals surface area (Å²) >= 11 is 0. The molecule has 1 rings (SSSR count). The summed E-state index contributed by atoms with van der Waals surface area (Å²) in [6.45, 7) is 0. The minimum absolute atomic E-state index is 0. The molecule has 2 radical (unpaired) electrons. The van der Waals surface area contributed by atoms with Gasteiger partial charge in [-0.15, -0.1) is 0 Å². The fourth-order valence-corrected chi connectivity index (χ4v) is 9.03. The van der Waals surface area contributed by atoms with Gasteiger partial charge in [0.05, 0.1) is 0 Å². The van der Waals surface area contributed by atoms with Crippen LogP contribution in [0.4, 0.5) is 0 Å². The normalized spacial score (nSPS) is 51.0. The van der Waals surface area contributed by atoms with E-state index >= 15 is 0 Å². The number of phosphoric acid groups is 6. The minimum Gasteiger partial charge on any atom is -0.756 e. The Balaban J connectivity index is 0. The Morgan fingerprint density at radius 3 is 0.500 bits per heavy atom. The van der Waals surface area contributed by atoms with Gasteiger partial charge >= 0.3 is 81.7 Å². The van der Waals surface area contributed by atoms with Crippen molar-refractivity contribution in [1.29, 1.82) is 0 Å². The second-order valence-electron chi connectivity index (χ2n) is 3.17. The van der Waals surface area contributed by atoms with E-state index < -0.39 is 46.9 Å². The first-order chi connectivity index (χ1) is 10.2. The van der Waals surface area contributed by atoms with Crippen LogP contribution < -0.4 is 29.4 Å². The zero-order valence-corrected chi connectivity index (χ0v) is 22.8. The van der Waals surface area contributed by atoms with Gasteiger partial charge in [0.2, 0.25) is 0 Å². The van der Waals surface area contributed by atoms with Crippen LogP contribution in [0, 0.1) is 81.7 Å². The van der Waals surface area contributed by atoms with Crippen LogP contribution in [-0.4, -0.2) is 0 Å². The van der Waals surface area contributed by atoms with Crippen LogP contribution >= 0.6 is 46.9 Å². The van der Waals surface area contributed by atoms with E-state index in [-0.39, 0.29) is 81.7 Å². The molecule has 1 saturated heterocycles. The van der Waals surface area contributed by atoms with E-state index in [2.05, 4.69) is 25.9 Å². The van der Waals surface area contributed by atoms with Crippen molar-refractivity contribution in [2.75, 3.05) is 0 Å². The molecule has 0 aromatic carbocycles. The van der Waals surface area contributed by atoms with Gasteiger partial charge in [0.1, 0.15) is 0 Å². The third-order valence-corrected chi connectivity index (χ3v) is 10.8. The minimum atomic E-state index is -6.56. The molecule has 0 aromatic rings. The average molecular weight is 762 g/mol. The van der Waals surface area contributed by atoms with Crippen LogP contribution in [0.15, 0.2) is 0 Å². The van der Waals surface area contributed by atoms with Crippen molar-refractivity contribution in [3.8, 4) is 0 Å². The van der Waals surface area contributed by atoms with Crippen molar-refractivity contribution in [2.24, 2.45) is 0 Å². The summed E-state index contributed by atoms with van der Waals surface area (Å²) in [5.74, 6) is 0. The largest absolute Gasteiger partial charge is 3.00 e. The van der Waals surface area contributed by atoms with Gasteiger partial charge in [0, 0.05) is 0 Å². The number of rotatable bonds is 0. The summed E-state index contributed by atoms with van der Waals surface area (Å²) in [5, 5.41) is 0. The Hall–Kier alpha value is 3.60. The fourth-order valence-electron chi connectivity index (χ4n) is 0.824. The molecule has 0 N–H and O–H groups in total. The molecule has 0 unspecified atom stereocenters. The second kappa shape index (κ2) is 10.5. The van der Waals surface area contributed by atoms with Crippen molar-refractivity contribution >= 4 is 46.9 Å². The molecule has 146 valence electrons. The average Bonchev–Trinajstić information content (AvgIpc) is 1.98. The Labute approximate surface area is 208 Å². The van der Waals surface area contributed by atoms with E-state index in [1.54, 1.807) is 0 Å². The SMILES string of the molecule is O=P1([O-])OP(=O)([O-])OP(=O)([O-])OP(=O)([O-])OP(=O)([O-])OP(=O)([O-])O1.[Nd+3].[Nd+3]. The predicted molar refractivity (Wildman–Crippen MR) is 52.1 cm³/mol. The summed E-state index contributed by atoms with van der Waals surface area (Å²) in [5.41, 5.74) is 0. The van der Waals surface area contributed by atoms with Gasteiger partial charge in [-0.05, 0) is 0 Å². The molecular weight excluding hydrogens is 762 g/mol. The summed E-state index contributed by atoms with van der Waals surface area (Å²) in [7, 11) is -39.3. The van der Waals surface area contributed by atoms with Gasteiger partial charge in [0.15, 0.2) is 0 Å². The first kappa shape index (κ1) is 31.8. The van der Waals surface area contributed by atoms with E-state index in [0.717, 1.165) is 0 Å². The van der Waals surface area contributed by atoms with Crippen LogP contribution in [-0.2, 0) is 53.3 Å². The Kier molecular flexibility index (Phi) is 12.8. The molecule has 0 atom stereocenters. The summed E-state index contributed by atoms with van der Waals surface area (Å²) < 4.78 is 83.4. The molecule has 1 heterocycles. The summed E-state index contributed by atoms with van der Waals surface area (Å²) in [6.07, 6.45) is 0. The van der Waals surface area contributed by atoms with Gasteiger partial charge in [-0.3, -0.25) is 27.4 Å². The van der Waals surface area contributed by atoms with Crippen LogP contribution in [0.2, 0.25) is 0 Å². The van der Waals surface area contributed by atoms with E-state index in [1.165, 1.54) is 0 Å². The summed E-state index contributed by atoms with van der Waals surface area (Å²) in [6, 6.07) is 0. The van der Waals surface area contributed by atoms with E-state index in [1.807, 2.05) is 0 Å². The quantitative estimate of drug-likeness (QED) is 0.221. The van der Waals surface area contributed by atoms with Crippen molar-refractivity contribution in [3.05, 3.63) is 0 Å². The van der Waals surface area contributed by atoms with Crippen molar-refractivity contribution < 1.29 is 164 Å². The van der Waals surface area contributed by atoms with Crippen LogP contribution in [0.25, 0.3) is 0 Å². The van der Waals surface area contributed by atoms with E-state index in [9.17, 15) is 56.8 Å². The number of hydrogen-bond acceptors (Lipinski definition) is 18. The Bertz CT molecular complexity index is 585. The van der Waals surface area contributed by atoms with Gasteiger partial charge in [-0.25, -0.2) is 25.9 Å². The van der Waals surface area contributed by atoms with Crippen LogP contribution in [0.3, 0.4) is 0 Å². The molecule has 0 saturated carbocycles. The molecule has 1 fully saturated rings. The van der Waals surface area contributed by atoms with Crippen molar-refractivity contribution in [3.63, 3.8) is 0 Å². The molecule has 0 spiro atoms. The Morgan fingerprint density at radius 2 is 0.423 bits per heavy atom. The van der Waals surface area contributed by atoms with Gasteiger partial charge < -0.3 is 29.4 Å². The molecule has 26 heteroatoms. The first-order valence-electron chi connectivity index (χ1n) is 4.38. The predicted octanol–water partition coefficient (Wildman–Crippen LogP) is -3.09. The molecular formula is Nd2O18P6. The van der Waals surface area contributed by atoms with Gasteiger partial charge in [-0.1, -0.05) is 0 Å². The zero-order valence-electron chi connectivity index (χ0n) is 11.0. The number of hydrogen-bond donors (Lipinski definition) is 0. The molecule has 0 bridgehead atoms. The Morgan fingerprint density at radius 1 is 0.346 bits per heavy atom. The molecule has 1 aliphatic rings. The maximum atomic E-state index is 11.0. The molecule has 0 amide bonds. The van der Waals surface area contributed by atoms with Crippen LogP contribution in [0.5, 0.6) is 0 Å². The third-order valence-electron chi connectivity index (χ3n) is 1.20. The zero-order chi connectivity index (χ0) is 19.2. The monoisotopic (exact) mass is 758 g/mol. The first-order valence-corrected chi connectivity index (χ1v) is 13.1. The summed E-state index contributed by atoms with van der Waals surface area (Å²) in [4.78, 5) is 65.8. The van der Waals surface area contributed by atoms with E-state index in [0.29, 0.717) is 0 Å². The van der Waals surface area contributed by atoms with Gasteiger partial charge in [0.25, 0.3) is 46.9 Å². The maximum Gasteiger partial charge on any atom is 3.00 e. The topological polar surface area (TPSA) is 296 Å². The van der Waals surface area contributed by atoms with Gasteiger partial charge in [-0.2, -0.15) is 0 Å². The molecule has 0 aromatic heterocycles. The molecule has 0 aliphatic carbocycles. The molecule has 1 aliphatic heterocycles.